The maximum absolute atomic E-state index is 12.8. The number of hydrogen-bond donors (Lipinski definition) is 1. The number of halogens is 1. The highest BCUT2D eigenvalue weighted by atomic mass is 35.5. The molecule has 0 saturated carbocycles. The molecule has 0 unspecified atom stereocenters. The molecule has 0 aliphatic carbocycles. The maximum atomic E-state index is 12.8. The van der Waals surface area contributed by atoms with Crippen LogP contribution in [-0.2, 0) is 0 Å². The highest BCUT2D eigenvalue weighted by Crippen LogP contribution is 2.35. The molecule has 2 heterocycles. The second-order valence-corrected chi connectivity index (χ2v) is 7.68. The summed E-state index contributed by atoms with van der Waals surface area (Å²) in [7, 11) is 0. The third-order valence-electron chi connectivity index (χ3n) is 4.26. The summed E-state index contributed by atoms with van der Waals surface area (Å²) < 4.78 is 0.983. The number of carbonyl (C=O) groups is 1. The lowest BCUT2D eigenvalue weighted by atomic mass is 10.0. The second-order valence-electron chi connectivity index (χ2n) is 6.25. The molecule has 1 amide bonds. The third-order valence-corrected chi connectivity index (χ3v) is 5.92. The molecular formula is C22H16ClN3OS. The topological polar surface area (TPSA) is 54.4 Å². The van der Waals surface area contributed by atoms with E-state index in [1.807, 2.05) is 67.6 Å². The van der Waals surface area contributed by atoms with E-state index in [9.17, 15) is 4.79 Å². The second kappa shape index (κ2) is 7.92. The van der Waals surface area contributed by atoms with E-state index in [0.29, 0.717) is 15.6 Å². The lowest BCUT2D eigenvalue weighted by Gasteiger charge is -2.07. The molecule has 2 aromatic carbocycles. The number of amides is 1. The number of thiophene rings is 1. The molecule has 4 nitrogen and oxygen atoms in total. The summed E-state index contributed by atoms with van der Waals surface area (Å²) in [6, 6.07) is 19.3. The van der Waals surface area contributed by atoms with Gasteiger partial charge < -0.3 is 0 Å². The number of hydrazone groups is 1. The van der Waals surface area contributed by atoms with Gasteiger partial charge in [-0.1, -0.05) is 54.1 Å². The van der Waals surface area contributed by atoms with Crippen molar-refractivity contribution in [1.29, 1.82) is 0 Å². The minimum atomic E-state index is -0.327. The Morgan fingerprint density at radius 1 is 1.04 bits per heavy atom. The molecule has 4 aromatic rings. The minimum Gasteiger partial charge on any atom is -0.266 e. The van der Waals surface area contributed by atoms with Gasteiger partial charge in [-0.2, -0.15) is 5.10 Å². The van der Waals surface area contributed by atoms with Crippen LogP contribution in [0.1, 0.15) is 26.4 Å². The summed E-state index contributed by atoms with van der Waals surface area (Å²) >= 11 is 7.81. The minimum absolute atomic E-state index is 0.327. The van der Waals surface area contributed by atoms with Gasteiger partial charge in [0.1, 0.15) is 4.88 Å². The molecule has 2 aromatic heterocycles. The van der Waals surface area contributed by atoms with E-state index in [4.69, 9.17) is 11.6 Å². The highest BCUT2D eigenvalue weighted by molar-refractivity contribution is 7.21. The van der Waals surface area contributed by atoms with Crippen LogP contribution in [0.2, 0.25) is 5.02 Å². The standard InChI is InChI=1S/C22H16ClN3OS/c1-14-7-8-17-18(13-14)28-21(19(17)23)22(27)26-25-20(15-5-3-2-4-6-15)16-9-11-24-12-10-16/h2-13H,1H3,(H,26,27)/b25-20+. The van der Waals surface area contributed by atoms with Crippen LogP contribution in [0.15, 0.2) is 78.2 Å². The molecule has 0 radical (unpaired) electrons. The van der Waals surface area contributed by atoms with Gasteiger partial charge in [0.15, 0.2) is 0 Å². The van der Waals surface area contributed by atoms with Crippen LogP contribution in [0.5, 0.6) is 0 Å². The molecule has 0 aliphatic rings. The van der Waals surface area contributed by atoms with E-state index < -0.39 is 0 Å². The van der Waals surface area contributed by atoms with Crippen molar-refractivity contribution in [3.05, 3.63) is 99.6 Å². The largest absolute Gasteiger partial charge is 0.283 e. The predicted octanol–water partition coefficient (Wildman–Crippen LogP) is 5.44. The lowest BCUT2D eigenvalue weighted by Crippen LogP contribution is -2.20. The lowest BCUT2D eigenvalue weighted by molar-refractivity contribution is 0.0959. The summed E-state index contributed by atoms with van der Waals surface area (Å²) in [5.74, 6) is -0.327. The van der Waals surface area contributed by atoms with E-state index in [0.717, 1.165) is 26.8 Å². The number of aromatic nitrogens is 1. The first-order valence-corrected chi connectivity index (χ1v) is 9.85. The molecule has 0 atom stereocenters. The van der Waals surface area contributed by atoms with Crippen LogP contribution in [0.3, 0.4) is 0 Å². The highest BCUT2D eigenvalue weighted by Gasteiger charge is 2.17. The third kappa shape index (κ3) is 3.67. The zero-order chi connectivity index (χ0) is 19.5. The summed E-state index contributed by atoms with van der Waals surface area (Å²) in [4.78, 5) is 17.3. The summed E-state index contributed by atoms with van der Waals surface area (Å²) in [6.07, 6.45) is 3.39. The summed E-state index contributed by atoms with van der Waals surface area (Å²) in [5, 5.41) is 5.74. The zero-order valence-electron chi connectivity index (χ0n) is 15.0. The number of hydrogen-bond acceptors (Lipinski definition) is 4. The van der Waals surface area contributed by atoms with Crippen molar-refractivity contribution in [1.82, 2.24) is 10.4 Å². The van der Waals surface area contributed by atoms with Gasteiger partial charge in [0.05, 0.1) is 10.7 Å². The molecule has 28 heavy (non-hydrogen) atoms. The Balaban J connectivity index is 1.69. The molecule has 6 heteroatoms. The Morgan fingerprint density at radius 2 is 1.75 bits per heavy atom. The number of rotatable bonds is 4. The van der Waals surface area contributed by atoms with Gasteiger partial charge >= 0.3 is 0 Å². The molecule has 0 saturated heterocycles. The van der Waals surface area contributed by atoms with Crippen molar-refractivity contribution in [2.45, 2.75) is 6.92 Å². The van der Waals surface area contributed by atoms with Gasteiger partial charge in [0.2, 0.25) is 0 Å². The van der Waals surface area contributed by atoms with Gasteiger partial charge in [0.25, 0.3) is 5.91 Å². The van der Waals surface area contributed by atoms with Gasteiger partial charge in [-0.15, -0.1) is 11.3 Å². The fourth-order valence-electron chi connectivity index (χ4n) is 2.88. The van der Waals surface area contributed by atoms with Crippen molar-refractivity contribution < 1.29 is 4.79 Å². The van der Waals surface area contributed by atoms with Crippen LogP contribution < -0.4 is 5.43 Å². The van der Waals surface area contributed by atoms with Crippen molar-refractivity contribution >= 4 is 44.6 Å². The van der Waals surface area contributed by atoms with Crippen LogP contribution >= 0.6 is 22.9 Å². The van der Waals surface area contributed by atoms with Gasteiger partial charge in [-0.05, 0) is 30.7 Å². The Bertz CT molecular complexity index is 1130. The number of fused-ring (bicyclic) bond motifs is 1. The first-order chi connectivity index (χ1) is 13.6. The first kappa shape index (κ1) is 18.3. The number of benzene rings is 2. The molecule has 138 valence electrons. The fraction of sp³-hybridized carbons (Fsp3) is 0.0455. The van der Waals surface area contributed by atoms with E-state index in [2.05, 4.69) is 15.5 Å². The Hall–Kier alpha value is -3.02. The average Bonchev–Trinajstić information content (AvgIpc) is 3.05. The Morgan fingerprint density at radius 3 is 2.50 bits per heavy atom. The average molecular weight is 406 g/mol. The normalized spacial score (nSPS) is 11.6. The molecule has 0 fully saturated rings. The van der Waals surface area contributed by atoms with E-state index >= 15 is 0 Å². The predicted molar refractivity (Wildman–Crippen MR) is 115 cm³/mol. The molecule has 0 bridgehead atoms. The molecule has 0 spiro atoms. The van der Waals surface area contributed by atoms with Crippen molar-refractivity contribution in [3.8, 4) is 0 Å². The van der Waals surface area contributed by atoms with Crippen LogP contribution in [0.25, 0.3) is 10.1 Å². The van der Waals surface area contributed by atoms with Crippen molar-refractivity contribution in [2.24, 2.45) is 5.10 Å². The number of pyridine rings is 1. The molecule has 4 rings (SSSR count). The number of nitrogens with one attached hydrogen (secondary N) is 1. The molecule has 1 N–H and O–H groups in total. The Labute approximate surface area is 171 Å². The van der Waals surface area contributed by atoms with E-state index in [1.165, 1.54) is 11.3 Å². The summed E-state index contributed by atoms with van der Waals surface area (Å²) in [5.41, 5.74) is 6.20. The van der Waals surface area contributed by atoms with Crippen molar-refractivity contribution in [2.75, 3.05) is 0 Å². The van der Waals surface area contributed by atoms with Crippen LogP contribution in [0, 0.1) is 6.92 Å². The monoisotopic (exact) mass is 405 g/mol. The quantitative estimate of drug-likeness (QED) is 0.363. The van der Waals surface area contributed by atoms with Crippen LogP contribution in [-0.4, -0.2) is 16.6 Å². The van der Waals surface area contributed by atoms with Crippen LogP contribution in [0.4, 0.5) is 0 Å². The fourth-order valence-corrected chi connectivity index (χ4v) is 4.38. The smallest absolute Gasteiger partial charge is 0.266 e. The summed E-state index contributed by atoms with van der Waals surface area (Å²) in [6.45, 7) is 2.01. The SMILES string of the molecule is Cc1ccc2c(Cl)c(C(=O)N/N=C(\c3ccccc3)c3ccncc3)sc2c1. The van der Waals surface area contributed by atoms with Gasteiger partial charge in [-0.3, -0.25) is 9.78 Å². The van der Waals surface area contributed by atoms with E-state index in [-0.39, 0.29) is 5.91 Å². The zero-order valence-corrected chi connectivity index (χ0v) is 16.6. The number of nitrogens with zero attached hydrogens (tertiary/aromatic N) is 2. The number of carbonyl (C=O) groups excluding carboxylic acids is 1. The first-order valence-electron chi connectivity index (χ1n) is 8.66. The Kier molecular flexibility index (Phi) is 5.19. The van der Waals surface area contributed by atoms with Gasteiger partial charge in [-0.25, -0.2) is 5.43 Å². The van der Waals surface area contributed by atoms with Crippen molar-refractivity contribution in [3.63, 3.8) is 0 Å². The van der Waals surface area contributed by atoms with Gasteiger partial charge in [0, 0.05) is 33.6 Å². The number of aryl methyl sites for hydroxylation is 1. The maximum Gasteiger partial charge on any atom is 0.283 e. The van der Waals surface area contributed by atoms with E-state index in [1.54, 1.807) is 12.4 Å². The molecule has 0 aliphatic heterocycles. The molecular weight excluding hydrogens is 390 g/mol.